The zero-order chi connectivity index (χ0) is 14.5. The molecule has 0 bridgehead atoms. The molecular weight excluding hydrogens is 276 g/mol. The number of piperidine rings is 1. The van der Waals surface area contributed by atoms with Gasteiger partial charge in [-0.05, 0) is 31.3 Å². The largest absolute Gasteiger partial charge is 0.481 e. The maximum absolute atomic E-state index is 12.2. The van der Waals surface area contributed by atoms with E-state index in [1.807, 2.05) is 23.4 Å². The van der Waals surface area contributed by atoms with Gasteiger partial charge < -0.3 is 10.0 Å². The zero-order valence-electron chi connectivity index (χ0n) is 11.6. The van der Waals surface area contributed by atoms with Crippen LogP contribution < -0.4 is 0 Å². The molecule has 0 atom stereocenters. The number of amides is 1. The summed E-state index contributed by atoms with van der Waals surface area (Å²) >= 11 is 1.69. The number of likely N-dealkylation sites (N-methyl/N-ethyl adjacent to an activating group) is 1. The molecule has 0 unspecified atom stereocenters. The Labute approximate surface area is 122 Å². The first-order chi connectivity index (χ1) is 9.56. The highest BCUT2D eigenvalue weighted by molar-refractivity contribution is 7.09. The van der Waals surface area contributed by atoms with Crippen LogP contribution in [0.1, 0.15) is 17.7 Å². The van der Waals surface area contributed by atoms with E-state index >= 15 is 0 Å². The summed E-state index contributed by atoms with van der Waals surface area (Å²) in [6.07, 6.45) is 1.13. The fourth-order valence-electron chi connectivity index (χ4n) is 2.43. The van der Waals surface area contributed by atoms with Crippen LogP contribution in [0.25, 0.3) is 0 Å². The van der Waals surface area contributed by atoms with Crippen LogP contribution in [0.3, 0.4) is 0 Å². The summed E-state index contributed by atoms with van der Waals surface area (Å²) in [4.78, 5) is 28.0. The smallest absolute Gasteiger partial charge is 0.306 e. The summed E-state index contributed by atoms with van der Waals surface area (Å²) in [5.74, 6) is -0.942. The van der Waals surface area contributed by atoms with Gasteiger partial charge in [0.25, 0.3) is 0 Å². The molecule has 0 spiro atoms. The van der Waals surface area contributed by atoms with E-state index in [2.05, 4.69) is 6.07 Å². The third kappa shape index (κ3) is 4.05. The van der Waals surface area contributed by atoms with Crippen molar-refractivity contribution in [3.63, 3.8) is 0 Å². The van der Waals surface area contributed by atoms with Crippen LogP contribution in [0.2, 0.25) is 0 Å². The predicted molar refractivity (Wildman–Crippen MR) is 77.6 cm³/mol. The quantitative estimate of drug-likeness (QED) is 0.894. The van der Waals surface area contributed by atoms with Gasteiger partial charge in [-0.1, -0.05) is 6.07 Å². The third-order valence-corrected chi connectivity index (χ3v) is 4.47. The van der Waals surface area contributed by atoms with Crippen LogP contribution in [-0.2, 0) is 16.1 Å². The fraction of sp³-hybridized carbons (Fsp3) is 0.571. The molecule has 1 aromatic rings. The Morgan fingerprint density at radius 3 is 2.70 bits per heavy atom. The molecule has 1 amide bonds. The minimum Gasteiger partial charge on any atom is -0.481 e. The first-order valence-electron chi connectivity index (χ1n) is 6.78. The van der Waals surface area contributed by atoms with E-state index in [9.17, 15) is 9.59 Å². The zero-order valence-corrected chi connectivity index (χ0v) is 12.4. The van der Waals surface area contributed by atoms with Crippen molar-refractivity contribution >= 4 is 23.2 Å². The van der Waals surface area contributed by atoms with E-state index in [1.165, 1.54) is 4.88 Å². The van der Waals surface area contributed by atoms with Crippen molar-refractivity contribution in [2.75, 3.05) is 26.7 Å². The summed E-state index contributed by atoms with van der Waals surface area (Å²) in [6, 6.07) is 4.07. The molecule has 0 aliphatic carbocycles. The monoisotopic (exact) mass is 296 g/mol. The molecule has 1 N–H and O–H groups in total. The number of nitrogens with zero attached hydrogens (tertiary/aromatic N) is 2. The Bertz CT molecular complexity index is 453. The van der Waals surface area contributed by atoms with Crippen LogP contribution >= 0.6 is 11.3 Å². The van der Waals surface area contributed by atoms with Gasteiger partial charge in [0.15, 0.2) is 0 Å². The number of likely N-dealkylation sites (tertiary alicyclic amines) is 1. The lowest BCUT2D eigenvalue weighted by molar-refractivity contribution is -0.145. The third-order valence-electron chi connectivity index (χ3n) is 3.61. The van der Waals surface area contributed by atoms with E-state index in [4.69, 9.17) is 5.11 Å². The lowest BCUT2D eigenvalue weighted by atomic mass is 9.97. The van der Waals surface area contributed by atoms with Gasteiger partial charge >= 0.3 is 5.97 Å². The molecule has 5 nitrogen and oxygen atoms in total. The van der Waals surface area contributed by atoms with Gasteiger partial charge in [0.1, 0.15) is 0 Å². The van der Waals surface area contributed by atoms with E-state index in [0.717, 1.165) is 6.54 Å². The molecule has 110 valence electrons. The number of rotatable bonds is 5. The Morgan fingerprint density at radius 1 is 1.45 bits per heavy atom. The van der Waals surface area contributed by atoms with Crippen molar-refractivity contribution in [3.05, 3.63) is 22.4 Å². The Balaban J connectivity index is 1.76. The summed E-state index contributed by atoms with van der Waals surface area (Å²) < 4.78 is 0. The molecule has 2 rings (SSSR count). The summed E-state index contributed by atoms with van der Waals surface area (Å²) in [5, 5.41) is 11.0. The van der Waals surface area contributed by atoms with Crippen molar-refractivity contribution in [2.24, 2.45) is 5.92 Å². The molecule has 0 aromatic carbocycles. The Morgan fingerprint density at radius 2 is 2.15 bits per heavy atom. The fourth-order valence-corrected chi connectivity index (χ4v) is 3.22. The number of carbonyl (C=O) groups is 2. The summed E-state index contributed by atoms with van der Waals surface area (Å²) in [6.45, 7) is 2.27. The highest BCUT2D eigenvalue weighted by Crippen LogP contribution is 2.17. The highest BCUT2D eigenvalue weighted by atomic mass is 32.1. The van der Waals surface area contributed by atoms with Gasteiger partial charge in [-0.2, -0.15) is 0 Å². The second-order valence-corrected chi connectivity index (χ2v) is 6.28. The van der Waals surface area contributed by atoms with Crippen molar-refractivity contribution in [2.45, 2.75) is 19.4 Å². The lowest BCUT2D eigenvalue weighted by Gasteiger charge is -2.31. The maximum Gasteiger partial charge on any atom is 0.306 e. The van der Waals surface area contributed by atoms with Crippen LogP contribution in [0.4, 0.5) is 0 Å². The van der Waals surface area contributed by atoms with E-state index in [1.54, 1.807) is 16.2 Å². The van der Waals surface area contributed by atoms with Crippen molar-refractivity contribution in [1.29, 1.82) is 0 Å². The van der Waals surface area contributed by atoms with Crippen LogP contribution in [0.5, 0.6) is 0 Å². The SMILES string of the molecule is CN(CC(=O)N1CCC(C(=O)O)CC1)Cc1cccs1. The first-order valence-corrected chi connectivity index (χ1v) is 7.65. The Hall–Kier alpha value is -1.40. The van der Waals surface area contributed by atoms with Gasteiger partial charge in [-0.25, -0.2) is 0 Å². The van der Waals surface area contributed by atoms with Gasteiger partial charge in [-0.15, -0.1) is 11.3 Å². The average molecular weight is 296 g/mol. The predicted octanol–water partition coefficient (Wildman–Crippen LogP) is 1.50. The minimum absolute atomic E-state index is 0.0906. The lowest BCUT2D eigenvalue weighted by Crippen LogP contribution is -2.44. The summed E-state index contributed by atoms with van der Waals surface area (Å²) in [7, 11) is 1.93. The van der Waals surface area contributed by atoms with E-state index in [0.29, 0.717) is 32.5 Å². The number of hydrogen-bond donors (Lipinski definition) is 1. The second kappa shape index (κ2) is 6.85. The van der Waals surface area contributed by atoms with Crippen LogP contribution in [0.15, 0.2) is 17.5 Å². The van der Waals surface area contributed by atoms with Gasteiger partial charge in [0, 0.05) is 24.5 Å². The van der Waals surface area contributed by atoms with Crippen LogP contribution in [-0.4, -0.2) is 53.5 Å². The normalized spacial score (nSPS) is 16.6. The number of carboxylic acids is 1. The average Bonchev–Trinajstić information content (AvgIpc) is 2.91. The first kappa shape index (κ1) is 15.0. The number of thiophene rings is 1. The molecule has 1 saturated heterocycles. The number of hydrogen-bond acceptors (Lipinski definition) is 4. The van der Waals surface area contributed by atoms with Crippen LogP contribution in [0, 0.1) is 5.92 Å². The molecule has 6 heteroatoms. The number of carbonyl (C=O) groups excluding carboxylic acids is 1. The standard InChI is InChI=1S/C14H20N2O3S/c1-15(9-12-3-2-8-20-12)10-13(17)16-6-4-11(5-7-16)14(18)19/h2-3,8,11H,4-7,9-10H2,1H3,(H,18,19). The van der Waals surface area contributed by atoms with Crippen molar-refractivity contribution in [3.8, 4) is 0 Å². The maximum atomic E-state index is 12.2. The van der Waals surface area contributed by atoms with Crippen molar-refractivity contribution < 1.29 is 14.7 Å². The van der Waals surface area contributed by atoms with Gasteiger partial charge in [0.05, 0.1) is 12.5 Å². The summed E-state index contributed by atoms with van der Waals surface area (Å²) in [5.41, 5.74) is 0. The molecule has 1 aliphatic heterocycles. The molecular formula is C14H20N2O3S. The topological polar surface area (TPSA) is 60.9 Å². The van der Waals surface area contributed by atoms with Gasteiger partial charge in [0.2, 0.25) is 5.91 Å². The van der Waals surface area contributed by atoms with Crippen molar-refractivity contribution in [1.82, 2.24) is 9.80 Å². The highest BCUT2D eigenvalue weighted by Gasteiger charge is 2.27. The number of aliphatic carboxylic acids is 1. The van der Waals surface area contributed by atoms with Gasteiger partial charge in [-0.3, -0.25) is 14.5 Å². The molecule has 2 heterocycles. The van der Waals surface area contributed by atoms with E-state index < -0.39 is 5.97 Å². The minimum atomic E-state index is -0.744. The molecule has 1 fully saturated rings. The molecule has 0 saturated carbocycles. The number of carboxylic acid groups (broad SMARTS) is 1. The molecule has 1 aromatic heterocycles. The molecule has 0 radical (unpaired) electrons. The second-order valence-electron chi connectivity index (χ2n) is 5.24. The molecule has 1 aliphatic rings. The van der Waals surface area contributed by atoms with E-state index in [-0.39, 0.29) is 11.8 Å². The molecule has 20 heavy (non-hydrogen) atoms. The Kier molecular flexibility index (Phi) is 5.14.